The van der Waals surface area contributed by atoms with Gasteiger partial charge in [0.1, 0.15) is 12.2 Å². The molecule has 0 saturated carbocycles. The topological polar surface area (TPSA) is 44.8 Å². The Bertz CT molecular complexity index is 275. The van der Waals surface area contributed by atoms with Gasteiger partial charge >= 0.3 is 5.97 Å². The summed E-state index contributed by atoms with van der Waals surface area (Å²) < 4.78 is 4.92. The first-order valence-electron chi connectivity index (χ1n) is 6.86. The minimum Gasteiger partial charge on any atom is -0.466 e. The quantitative estimate of drug-likeness (QED) is 0.282. The van der Waals surface area contributed by atoms with E-state index < -0.39 is 0 Å². The van der Waals surface area contributed by atoms with Gasteiger partial charge in [-0.15, -0.1) is 0 Å². The van der Waals surface area contributed by atoms with Gasteiger partial charge in [-0.25, -0.2) is 9.78 Å². The first kappa shape index (κ1) is 17.4. The Morgan fingerprint density at radius 1 is 1.11 bits per heavy atom. The highest BCUT2D eigenvalue weighted by Gasteiger charge is 2.40. The number of esters is 1. The molecule has 1 fully saturated rings. The predicted molar refractivity (Wildman–Crippen MR) is 80.6 cm³/mol. The summed E-state index contributed by atoms with van der Waals surface area (Å²) in [6.07, 6.45) is 4.36. The van der Waals surface area contributed by atoms with Gasteiger partial charge in [-0.3, -0.25) is 4.79 Å². The van der Waals surface area contributed by atoms with E-state index in [-0.39, 0.29) is 34.3 Å². The number of hydrogen-bond acceptors (Lipinski definition) is 4. The second-order valence-electron chi connectivity index (χ2n) is 4.66. The van der Waals surface area contributed by atoms with Crippen LogP contribution in [-0.4, -0.2) is 34.4 Å². The van der Waals surface area contributed by atoms with Crippen LogP contribution in [0.25, 0.3) is 0 Å². The van der Waals surface area contributed by atoms with Gasteiger partial charge in [0.2, 0.25) is 0 Å². The van der Waals surface area contributed by atoms with Crippen LogP contribution in [0.2, 0.25) is 0 Å². The zero-order valence-corrected chi connectivity index (χ0v) is 14.6. The molecule has 6 heteroatoms. The van der Waals surface area contributed by atoms with E-state index >= 15 is 0 Å². The second-order valence-corrected chi connectivity index (χ2v) is 6.78. The third-order valence-electron chi connectivity index (χ3n) is 3.08. The van der Waals surface area contributed by atoms with E-state index in [9.17, 15) is 4.79 Å². The molecule has 0 amide bonds. The van der Waals surface area contributed by atoms with Crippen molar-refractivity contribution in [2.45, 2.75) is 67.8 Å². The summed E-state index contributed by atoms with van der Waals surface area (Å²) in [6.45, 7) is 4.35. The molecule has 1 rings (SSSR count). The van der Waals surface area contributed by atoms with Crippen LogP contribution in [0.5, 0.6) is 0 Å². The van der Waals surface area contributed by atoms with Crippen LogP contribution in [0.1, 0.15) is 46.0 Å². The Labute approximate surface area is 131 Å². The highest BCUT2D eigenvalue weighted by atomic mass is 79.9. The van der Waals surface area contributed by atoms with Gasteiger partial charge in [0.05, 0.1) is 22.7 Å². The molecule has 1 heterocycles. The average Bonchev–Trinajstić information content (AvgIpc) is 2.38. The zero-order chi connectivity index (χ0) is 14.3. The molecule has 0 N–H and O–H groups in total. The normalized spacial score (nSPS) is 31.2. The highest BCUT2D eigenvalue weighted by molar-refractivity contribution is 9.12. The standard InChI is InChI=1S/C13H22Br2O4/c1-3-5-6-7-9-12(14)13(15)10(19-18-9)8-11(16)17-4-2/h9-10,12-13H,3-8H2,1-2H3/t9-,10+,12-,13-/m0/s1. The molecule has 0 radical (unpaired) electrons. The monoisotopic (exact) mass is 400 g/mol. The maximum atomic E-state index is 11.5. The summed E-state index contributed by atoms with van der Waals surface area (Å²) in [7, 11) is 0. The molecule has 0 unspecified atom stereocenters. The number of alkyl halides is 2. The fourth-order valence-corrected chi connectivity index (χ4v) is 3.30. The van der Waals surface area contributed by atoms with Crippen molar-refractivity contribution in [2.24, 2.45) is 0 Å². The lowest BCUT2D eigenvalue weighted by molar-refractivity contribution is -0.369. The van der Waals surface area contributed by atoms with Crippen molar-refractivity contribution in [1.29, 1.82) is 0 Å². The zero-order valence-electron chi connectivity index (χ0n) is 11.4. The third-order valence-corrected chi connectivity index (χ3v) is 6.11. The average molecular weight is 402 g/mol. The molecule has 4 atom stereocenters. The molecule has 0 bridgehead atoms. The maximum absolute atomic E-state index is 11.5. The lowest BCUT2D eigenvalue weighted by Crippen LogP contribution is -2.46. The Morgan fingerprint density at radius 3 is 2.37 bits per heavy atom. The summed E-state index contributed by atoms with van der Waals surface area (Å²) in [4.78, 5) is 22.4. The first-order valence-corrected chi connectivity index (χ1v) is 8.69. The lowest BCUT2D eigenvalue weighted by atomic mass is 10.0. The van der Waals surface area contributed by atoms with E-state index in [0.717, 1.165) is 12.8 Å². The number of carbonyl (C=O) groups is 1. The Hall–Kier alpha value is 0.350. The van der Waals surface area contributed by atoms with Crippen LogP contribution in [0.15, 0.2) is 0 Å². The fraction of sp³-hybridized carbons (Fsp3) is 0.923. The predicted octanol–water partition coefficient (Wildman–Crippen LogP) is 3.75. The number of hydrogen-bond donors (Lipinski definition) is 0. The van der Waals surface area contributed by atoms with Crippen molar-refractivity contribution < 1.29 is 19.3 Å². The van der Waals surface area contributed by atoms with Crippen molar-refractivity contribution in [1.82, 2.24) is 0 Å². The van der Waals surface area contributed by atoms with Gasteiger partial charge in [-0.05, 0) is 13.3 Å². The largest absolute Gasteiger partial charge is 0.466 e. The molecule has 19 heavy (non-hydrogen) atoms. The molecule has 4 nitrogen and oxygen atoms in total. The van der Waals surface area contributed by atoms with Gasteiger partial charge in [0.25, 0.3) is 0 Å². The van der Waals surface area contributed by atoms with Gasteiger partial charge < -0.3 is 4.74 Å². The van der Waals surface area contributed by atoms with Crippen LogP contribution in [0.3, 0.4) is 0 Å². The molecule has 0 aromatic rings. The number of carbonyl (C=O) groups excluding carboxylic acids is 1. The molecule has 1 saturated heterocycles. The van der Waals surface area contributed by atoms with Crippen molar-refractivity contribution in [3.05, 3.63) is 0 Å². The molecule has 1 aliphatic rings. The van der Waals surface area contributed by atoms with E-state index in [0.29, 0.717) is 6.61 Å². The smallest absolute Gasteiger partial charge is 0.308 e. The number of rotatable bonds is 7. The number of ether oxygens (including phenoxy) is 1. The Kier molecular flexibility index (Phi) is 8.53. The van der Waals surface area contributed by atoms with Gasteiger partial charge in [0.15, 0.2) is 0 Å². The van der Waals surface area contributed by atoms with Crippen molar-refractivity contribution in [2.75, 3.05) is 6.61 Å². The molecular weight excluding hydrogens is 380 g/mol. The fourth-order valence-electron chi connectivity index (χ4n) is 1.99. The van der Waals surface area contributed by atoms with Crippen LogP contribution >= 0.6 is 31.9 Å². The summed E-state index contributed by atoms with van der Waals surface area (Å²) in [5.74, 6) is -0.260. The third kappa shape index (κ3) is 5.69. The Balaban J connectivity index is 2.40. The lowest BCUT2D eigenvalue weighted by Gasteiger charge is -2.36. The summed E-state index contributed by atoms with van der Waals surface area (Å²) in [6, 6.07) is 0. The Morgan fingerprint density at radius 2 is 1.74 bits per heavy atom. The molecule has 1 aliphatic heterocycles. The summed E-state index contributed by atoms with van der Waals surface area (Å²) >= 11 is 7.23. The summed E-state index contributed by atoms with van der Waals surface area (Å²) in [5.41, 5.74) is 0. The minimum absolute atomic E-state index is 0.0226. The summed E-state index contributed by atoms with van der Waals surface area (Å²) in [5, 5.41) is 0. The van der Waals surface area contributed by atoms with Crippen LogP contribution < -0.4 is 0 Å². The molecule has 0 aliphatic carbocycles. The van der Waals surface area contributed by atoms with Gasteiger partial charge in [0, 0.05) is 0 Å². The van der Waals surface area contributed by atoms with E-state index in [1.165, 1.54) is 12.8 Å². The molecule has 0 aromatic carbocycles. The highest BCUT2D eigenvalue weighted by Crippen LogP contribution is 2.33. The maximum Gasteiger partial charge on any atom is 0.308 e. The van der Waals surface area contributed by atoms with E-state index in [4.69, 9.17) is 14.5 Å². The SMILES string of the molecule is CCCCC[C@@H]1OO[C@H](CC(=O)OCC)[C@H](Br)[C@H]1Br. The van der Waals surface area contributed by atoms with Crippen molar-refractivity contribution in [3.8, 4) is 0 Å². The number of halogens is 2. The van der Waals surface area contributed by atoms with Gasteiger partial charge in [-0.2, -0.15) is 0 Å². The second kappa shape index (κ2) is 9.32. The molecular formula is C13H22Br2O4. The van der Waals surface area contributed by atoms with Gasteiger partial charge in [-0.1, -0.05) is 58.0 Å². The van der Waals surface area contributed by atoms with E-state index in [1.54, 1.807) is 6.92 Å². The van der Waals surface area contributed by atoms with Crippen molar-refractivity contribution >= 4 is 37.8 Å². The van der Waals surface area contributed by atoms with Crippen LogP contribution in [0, 0.1) is 0 Å². The van der Waals surface area contributed by atoms with E-state index in [2.05, 4.69) is 38.8 Å². The van der Waals surface area contributed by atoms with Crippen molar-refractivity contribution in [3.63, 3.8) is 0 Å². The van der Waals surface area contributed by atoms with Crippen LogP contribution in [0.4, 0.5) is 0 Å². The number of unbranched alkanes of at least 4 members (excludes halogenated alkanes) is 2. The molecule has 0 spiro atoms. The first-order chi connectivity index (χ1) is 9.10. The van der Waals surface area contributed by atoms with E-state index in [1.807, 2.05) is 0 Å². The molecule has 112 valence electrons. The van der Waals surface area contributed by atoms with Crippen LogP contribution in [-0.2, 0) is 19.3 Å². The minimum atomic E-state index is -0.314. The molecule has 0 aromatic heterocycles.